The second-order valence-electron chi connectivity index (χ2n) is 6.76. The first-order valence-corrected chi connectivity index (χ1v) is 9.60. The van der Waals surface area contributed by atoms with E-state index in [1.54, 1.807) is 0 Å². The van der Waals surface area contributed by atoms with Crippen LogP contribution in [0.1, 0.15) is 27.4 Å². The number of carbonyl (C=O) groups is 2. The molecule has 0 bridgehead atoms. The van der Waals surface area contributed by atoms with Crippen molar-refractivity contribution in [2.24, 2.45) is 0 Å². The molecule has 0 radical (unpaired) electrons. The van der Waals surface area contributed by atoms with E-state index in [-0.39, 0.29) is 34.5 Å². The van der Waals surface area contributed by atoms with Gasteiger partial charge in [0.2, 0.25) is 0 Å². The fraction of sp³-hybridized carbons (Fsp3) is 0.130. The maximum Gasteiger partial charge on any atom is 0.411 e. The zero-order valence-corrected chi connectivity index (χ0v) is 16.8. The Morgan fingerprint density at radius 1 is 1.00 bits per heavy atom. The van der Waals surface area contributed by atoms with Crippen LogP contribution in [-0.2, 0) is 4.74 Å². The summed E-state index contributed by atoms with van der Waals surface area (Å²) in [6.07, 6.45) is -0.686. The number of benzene rings is 3. The summed E-state index contributed by atoms with van der Waals surface area (Å²) in [4.78, 5) is 23.7. The van der Waals surface area contributed by atoms with Gasteiger partial charge in [0.05, 0.1) is 23.4 Å². The number of rotatable bonds is 5. The van der Waals surface area contributed by atoms with Gasteiger partial charge in [-0.2, -0.15) is 0 Å². The number of nitrogens with one attached hydrogen (secondary N) is 1. The average molecular weight is 424 g/mol. The van der Waals surface area contributed by atoms with Crippen LogP contribution < -0.4 is 10.1 Å². The van der Waals surface area contributed by atoms with Gasteiger partial charge in [0.15, 0.2) is 5.75 Å². The molecule has 0 saturated heterocycles. The van der Waals surface area contributed by atoms with Gasteiger partial charge in [-0.1, -0.05) is 60.1 Å². The van der Waals surface area contributed by atoms with E-state index in [0.717, 1.165) is 22.3 Å². The number of carboxylic acid groups (broad SMARTS) is 1. The largest absolute Gasteiger partial charge is 0.493 e. The van der Waals surface area contributed by atoms with E-state index in [1.807, 2.05) is 36.4 Å². The van der Waals surface area contributed by atoms with Gasteiger partial charge >= 0.3 is 12.1 Å². The Morgan fingerprint density at radius 3 is 2.17 bits per heavy atom. The number of methoxy groups -OCH3 is 1. The third kappa shape index (κ3) is 3.46. The van der Waals surface area contributed by atoms with Gasteiger partial charge in [-0.3, -0.25) is 5.32 Å². The summed E-state index contributed by atoms with van der Waals surface area (Å²) in [6.45, 7) is 0.156. The maximum atomic E-state index is 12.4. The molecule has 152 valence electrons. The number of carboxylic acids is 1. The molecule has 7 heteroatoms. The predicted octanol–water partition coefficient (Wildman–Crippen LogP) is 5.41. The van der Waals surface area contributed by atoms with Crippen molar-refractivity contribution >= 4 is 29.4 Å². The molecule has 0 atom stereocenters. The molecule has 1 aliphatic carbocycles. The van der Waals surface area contributed by atoms with Crippen LogP contribution >= 0.6 is 11.6 Å². The molecular formula is C23H18ClNO5. The molecule has 6 nitrogen and oxygen atoms in total. The molecule has 3 aromatic rings. The molecule has 0 aromatic heterocycles. The lowest BCUT2D eigenvalue weighted by molar-refractivity contribution is 0.0696. The summed E-state index contributed by atoms with van der Waals surface area (Å²) in [5, 5.41) is 11.7. The molecule has 1 aliphatic rings. The Morgan fingerprint density at radius 2 is 1.60 bits per heavy atom. The Hall–Kier alpha value is -3.51. The SMILES string of the molecule is COc1c(NC(=O)OCC2c3ccccc3-c3ccccc32)ccc(C(=O)O)c1Cl. The van der Waals surface area contributed by atoms with Crippen LogP contribution in [0.5, 0.6) is 5.75 Å². The molecule has 0 fully saturated rings. The Bertz CT molecular complexity index is 1100. The van der Waals surface area contributed by atoms with Gasteiger partial charge < -0.3 is 14.6 Å². The highest BCUT2D eigenvalue weighted by molar-refractivity contribution is 6.35. The fourth-order valence-corrected chi connectivity index (χ4v) is 4.09. The molecular weight excluding hydrogens is 406 g/mol. The topological polar surface area (TPSA) is 84.9 Å². The predicted molar refractivity (Wildman–Crippen MR) is 114 cm³/mol. The van der Waals surface area contributed by atoms with E-state index in [0.29, 0.717) is 0 Å². The molecule has 0 aliphatic heterocycles. The van der Waals surface area contributed by atoms with Crippen LogP contribution in [0, 0.1) is 0 Å². The zero-order valence-electron chi connectivity index (χ0n) is 16.0. The van der Waals surface area contributed by atoms with Crippen molar-refractivity contribution in [1.29, 1.82) is 0 Å². The molecule has 2 N–H and O–H groups in total. The molecule has 0 spiro atoms. The van der Waals surface area contributed by atoms with E-state index in [4.69, 9.17) is 21.1 Å². The number of carbonyl (C=O) groups excluding carboxylic acids is 1. The molecule has 0 heterocycles. The summed E-state index contributed by atoms with van der Waals surface area (Å²) in [6, 6.07) is 18.8. The van der Waals surface area contributed by atoms with Gasteiger partial charge in [0, 0.05) is 5.92 Å². The zero-order chi connectivity index (χ0) is 21.3. The monoisotopic (exact) mass is 423 g/mol. The minimum atomic E-state index is -1.19. The number of amides is 1. The number of aromatic carboxylic acids is 1. The fourth-order valence-electron chi connectivity index (χ4n) is 3.76. The highest BCUT2D eigenvalue weighted by Crippen LogP contribution is 2.44. The molecule has 0 saturated carbocycles. The van der Waals surface area contributed by atoms with Crippen molar-refractivity contribution in [2.75, 3.05) is 19.0 Å². The van der Waals surface area contributed by atoms with Crippen LogP contribution in [0.15, 0.2) is 60.7 Å². The van der Waals surface area contributed by atoms with E-state index in [2.05, 4.69) is 17.4 Å². The van der Waals surface area contributed by atoms with Crippen molar-refractivity contribution in [3.63, 3.8) is 0 Å². The van der Waals surface area contributed by atoms with E-state index >= 15 is 0 Å². The number of anilines is 1. The lowest BCUT2D eigenvalue weighted by Crippen LogP contribution is -2.18. The average Bonchev–Trinajstić information content (AvgIpc) is 3.06. The second kappa shape index (κ2) is 8.08. The summed E-state index contributed by atoms with van der Waals surface area (Å²) < 4.78 is 10.7. The molecule has 3 aromatic carbocycles. The number of fused-ring (bicyclic) bond motifs is 3. The standard InChI is InChI=1S/C23H18ClNO5/c1-29-21-19(11-10-17(20(21)24)22(26)27)25-23(28)30-12-18-15-8-4-2-6-13(15)14-7-3-5-9-16(14)18/h2-11,18H,12H2,1H3,(H,25,28)(H,26,27). The second-order valence-corrected chi connectivity index (χ2v) is 7.14. The van der Waals surface area contributed by atoms with Crippen molar-refractivity contribution in [3.05, 3.63) is 82.4 Å². The van der Waals surface area contributed by atoms with Gasteiger partial charge in [0.1, 0.15) is 6.61 Å². The third-order valence-corrected chi connectivity index (χ3v) is 5.49. The van der Waals surface area contributed by atoms with Crippen molar-refractivity contribution in [1.82, 2.24) is 0 Å². The Labute approximate surface area is 178 Å². The first-order valence-electron chi connectivity index (χ1n) is 9.23. The number of hydrogen-bond donors (Lipinski definition) is 2. The van der Waals surface area contributed by atoms with E-state index < -0.39 is 12.1 Å². The van der Waals surface area contributed by atoms with Gasteiger partial charge in [-0.15, -0.1) is 0 Å². The van der Waals surface area contributed by atoms with Crippen LogP contribution in [0.3, 0.4) is 0 Å². The Balaban J connectivity index is 1.51. The van der Waals surface area contributed by atoms with Gasteiger partial charge in [-0.05, 0) is 34.4 Å². The third-order valence-electron chi connectivity index (χ3n) is 5.11. The first kappa shape index (κ1) is 19.8. The van der Waals surface area contributed by atoms with E-state index in [1.165, 1.54) is 19.2 Å². The smallest absolute Gasteiger partial charge is 0.411 e. The first-order chi connectivity index (χ1) is 14.5. The lowest BCUT2D eigenvalue weighted by Gasteiger charge is -2.16. The number of halogens is 1. The summed E-state index contributed by atoms with van der Waals surface area (Å²) in [5.74, 6) is -1.20. The maximum absolute atomic E-state index is 12.4. The molecule has 4 rings (SSSR count). The van der Waals surface area contributed by atoms with Crippen LogP contribution in [0.4, 0.5) is 10.5 Å². The minimum Gasteiger partial charge on any atom is -0.493 e. The van der Waals surface area contributed by atoms with Crippen LogP contribution in [-0.4, -0.2) is 30.9 Å². The van der Waals surface area contributed by atoms with Gasteiger partial charge in [-0.25, -0.2) is 9.59 Å². The van der Waals surface area contributed by atoms with Crippen molar-refractivity contribution in [3.8, 4) is 16.9 Å². The normalized spacial score (nSPS) is 12.1. The minimum absolute atomic E-state index is 0.0603. The summed E-state index contributed by atoms with van der Waals surface area (Å²) in [5.41, 5.74) is 4.60. The Kier molecular flexibility index (Phi) is 5.33. The van der Waals surface area contributed by atoms with Crippen molar-refractivity contribution < 1.29 is 24.2 Å². The highest BCUT2D eigenvalue weighted by atomic mass is 35.5. The van der Waals surface area contributed by atoms with Crippen LogP contribution in [0.2, 0.25) is 5.02 Å². The van der Waals surface area contributed by atoms with Gasteiger partial charge in [0.25, 0.3) is 0 Å². The summed E-state index contributed by atoms with van der Waals surface area (Å²) >= 11 is 6.09. The molecule has 0 unspecified atom stereocenters. The molecule has 30 heavy (non-hydrogen) atoms. The highest BCUT2D eigenvalue weighted by Gasteiger charge is 2.29. The summed E-state index contributed by atoms with van der Waals surface area (Å²) in [7, 11) is 1.34. The number of ether oxygens (including phenoxy) is 2. The molecule has 1 amide bonds. The lowest BCUT2D eigenvalue weighted by atomic mass is 9.98. The number of hydrogen-bond acceptors (Lipinski definition) is 4. The van der Waals surface area contributed by atoms with Crippen molar-refractivity contribution in [2.45, 2.75) is 5.92 Å². The van der Waals surface area contributed by atoms with E-state index in [9.17, 15) is 14.7 Å². The quantitative estimate of drug-likeness (QED) is 0.573. The van der Waals surface area contributed by atoms with Crippen LogP contribution in [0.25, 0.3) is 11.1 Å².